The lowest BCUT2D eigenvalue weighted by atomic mass is 9.86. The van der Waals surface area contributed by atoms with Crippen molar-refractivity contribution in [3.05, 3.63) is 267 Å². The Kier molecular flexibility index (Phi) is 20.0. The van der Waals surface area contributed by atoms with Gasteiger partial charge in [-0.05, 0) is 208 Å². The SMILES string of the molecule is [2H]C([2H])([2H])c1c[n+](C)c(-c2ccccc2C)cc1C([2H])([2H])C(C)(C)C.[2H]C([2H])([2H])c1ccc(-c2cc(C)c(C([2H])([2H])C(C)(C)C)c[n+]2C)c(C)c1.[2H]C([2H])(c1c[n+](C)c(-c2ccccc2C)cc1C)C(C)(C)C.[2H]C([2H])(c1cc[n+](C)c(-c2ccccc2C)c1)C(C)(C)C.[2H]C([2H])(c1ccc(-c2ccccc2C)[n+](C)c1)C(C)(C)C. The fourth-order valence-electron chi connectivity index (χ4n) is 11.7. The van der Waals surface area contributed by atoms with E-state index in [9.17, 15) is 0 Å². The number of benzene rings is 5. The van der Waals surface area contributed by atoms with Crippen LogP contribution in [-0.2, 0) is 67.1 Å². The zero-order chi connectivity index (χ0) is 87.7. The van der Waals surface area contributed by atoms with Crippen molar-refractivity contribution >= 4 is 0 Å². The van der Waals surface area contributed by atoms with Gasteiger partial charge in [-0.2, -0.15) is 0 Å². The van der Waals surface area contributed by atoms with Crippen LogP contribution >= 0.6 is 0 Å². The predicted octanol–water partition coefficient (Wildman–Crippen LogP) is 21.6. The number of rotatable bonds is 10. The Labute approximate surface area is 625 Å². The first-order valence-corrected chi connectivity index (χ1v) is 34.7. The summed E-state index contributed by atoms with van der Waals surface area (Å²) in [4.78, 5) is 0. The largest absolute Gasteiger partial charge is 0.212 e. The molecule has 0 aliphatic rings. The molecule has 0 spiro atoms. The Morgan fingerprint density at radius 1 is 0.273 bits per heavy atom. The number of pyridine rings is 5. The molecular weight excluding hydrogens is 1200 g/mol. The number of hydrogen-bond donors (Lipinski definition) is 0. The molecule has 10 rings (SSSR count). The fraction of sp³-hybridized carbons (Fsp3) is 0.415. The Balaban J connectivity index is 0.000000224. The van der Waals surface area contributed by atoms with Gasteiger partial charge < -0.3 is 0 Å². The van der Waals surface area contributed by atoms with Crippen LogP contribution in [0.25, 0.3) is 56.3 Å². The molecule has 0 N–H and O–H groups in total. The molecule has 5 aromatic heterocycles. The number of aromatic nitrogens is 5. The van der Waals surface area contributed by atoms with E-state index in [-0.39, 0.29) is 11.1 Å². The van der Waals surface area contributed by atoms with E-state index in [0.29, 0.717) is 11.1 Å². The van der Waals surface area contributed by atoms with Crippen LogP contribution in [0.1, 0.15) is 204 Å². The van der Waals surface area contributed by atoms with Crippen LogP contribution in [0.3, 0.4) is 0 Å². The van der Waals surface area contributed by atoms with Crippen molar-refractivity contribution < 1.29 is 44.8 Å². The van der Waals surface area contributed by atoms with Crippen molar-refractivity contribution in [2.24, 2.45) is 62.3 Å². The standard InChI is InChI=1S/C20H28N.2C19H26N.2C18H24N/c1-14-8-9-18(16(3)10-14)19-11-15(2)17(13-21(19)7)12-20(4,5)6;1-14-9-7-8-10-17(14)18-11-16(12-19(3,4)5)15(2)13-20(18)6;1-14-9-7-8-10-17(14)18-11-15(2)16(13-20(18)6)12-19(3,4)5;1-14-8-6-7-9-16(14)17-12-15(10-11-19(17)5)13-18(2,3)4;1-14-8-6-7-9-16(14)17-11-10-15(13-19(17)5)12-18(2,3)4/h8-11,13H,12H2,1-7H3;2*7-11,13H,12H2,1-6H3;6-12H,13H2,1-5H3;6-11,13H,12H2,1-5H3/q5*+1/i1D3,12D2;2D3,12D2;12D2;13D2;12D2. The van der Waals surface area contributed by atoms with Gasteiger partial charge in [0.15, 0.2) is 31.0 Å². The van der Waals surface area contributed by atoms with E-state index >= 15 is 0 Å². The fourth-order valence-corrected chi connectivity index (χ4v) is 11.7. The first kappa shape index (κ1) is 58.6. The zero-order valence-corrected chi connectivity index (χ0v) is 65.1. The van der Waals surface area contributed by atoms with Crippen molar-refractivity contribution in [2.45, 2.75) is 198 Å². The van der Waals surface area contributed by atoms with E-state index in [0.717, 1.165) is 84.1 Å². The second-order valence-corrected chi connectivity index (χ2v) is 31.8. The summed E-state index contributed by atoms with van der Waals surface area (Å²) < 4.78 is 141. The van der Waals surface area contributed by atoms with Gasteiger partial charge in [0.2, 0.25) is 28.5 Å². The smallest absolute Gasteiger partial charge is 0.201 e. The molecule has 0 atom stereocenters. The van der Waals surface area contributed by atoms with Crippen molar-refractivity contribution in [1.82, 2.24) is 0 Å². The predicted molar refractivity (Wildman–Crippen MR) is 424 cm³/mol. The summed E-state index contributed by atoms with van der Waals surface area (Å²) in [6.07, 6.45) is 1.83. The highest BCUT2D eigenvalue weighted by molar-refractivity contribution is 5.65. The van der Waals surface area contributed by atoms with Gasteiger partial charge in [-0.15, -0.1) is 0 Å². The lowest BCUT2D eigenvalue weighted by Gasteiger charge is -2.19. The number of hydrogen-bond acceptors (Lipinski definition) is 0. The Hall–Kier alpha value is -8.15. The minimum Gasteiger partial charge on any atom is -0.201 e. The lowest BCUT2D eigenvalue weighted by molar-refractivity contribution is -0.661. The summed E-state index contributed by atoms with van der Waals surface area (Å²) >= 11 is 0. The average molecular weight is 1340 g/mol. The first-order chi connectivity index (χ1) is 52.3. The highest BCUT2D eigenvalue weighted by Gasteiger charge is 2.24. The normalized spacial score (nSPS) is 15.1. The lowest BCUT2D eigenvalue weighted by Crippen LogP contribution is -2.32. The second kappa shape index (κ2) is 33.8. The van der Waals surface area contributed by atoms with Crippen LogP contribution < -0.4 is 22.8 Å². The third kappa shape index (κ3) is 24.6. The van der Waals surface area contributed by atoms with Gasteiger partial charge >= 0.3 is 0 Å². The first-order valence-electron chi connectivity index (χ1n) is 42.7. The van der Waals surface area contributed by atoms with Gasteiger partial charge in [-0.3, -0.25) is 0 Å². The third-order valence-electron chi connectivity index (χ3n) is 16.3. The third-order valence-corrected chi connectivity index (χ3v) is 16.3. The quantitative estimate of drug-likeness (QED) is 0.122. The molecule has 5 heterocycles. The highest BCUT2D eigenvalue weighted by atomic mass is 14.9. The van der Waals surface area contributed by atoms with Crippen molar-refractivity contribution in [3.63, 3.8) is 0 Å². The van der Waals surface area contributed by atoms with E-state index in [1.807, 2.05) is 279 Å². The molecule has 0 bridgehead atoms. The Morgan fingerprint density at radius 2 is 0.626 bits per heavy atom. The number of nitrogens with zero attached hydrogens (tertiary/aromatic N) is 5. The van der Waals surface area contributed by atoms with E-state index in [4.69, 9.17) is 21.9 Å². The van der Waals surface area contributed by atoms with E-state index < -0.39 is 72.6 Å². The Bertz CT molecular complexity index is 5090. The van der Waals surface area contributed by atoms with E-state index in [1.54, 1.807) is 56.8 Å². The molecule has 0 radical (unpaired) electrons. The maximum atomic E-state index is 8.63. The van der Waals surface area contributed by atoms with Crippen LogP contribution in [-0.4, -0.2) is 0 Å². The summed E-state index contributed by atoms with van der Waals surface area (Å²) in [6.45, 7) is 38.1. The van der Waals surface area contributed by atoms with Gasteiger partial charge in [0, 0.05) is 108 Å². The summed E-state index contributed by atoms with van der Waals surface area (Å²) in [7, 11) is 9.66. The van der Waals surface area contributed by atoms with E-state index in [2.05, 4.69) is 63.2 Å². The zero-order valence-electron chi connectivity index (χ0n) is 81.1. The number of aryl methyl sites for hydroxylation is 14. The van der Waals surface area contributed by atoms with Crippen molar-refractivity contribution in [3.8, 4) is 56.3 Å². The molecule has 0 aliphatic carbocycles. The Morgan fingerprint density at radius 3 is 1.01 bits per heavy atom. The van der Waals surface area contributed by atoms with Crippen LogP contribution in [0.15, 0.2) is 189 Å². The molecule has 99 heavy (non-hydrogen) atoms. The summed E-state index contributed by atoms with van der Waals surface area (Å²) in [6, 6.07) is 51.4. The van der Waals surface area contributed by atoms with Crippen LogP contribution in [0.4, 0.5) is 0 Å². The second-order valence-electron chi connectivity index (χ2n) is 31.8. The minimum atomic E-state index is -2.38. The van der Waals surface area contributed by atoms with Crippen molar-refractivity contribution in [2.75, 3.05) is 0 Å². The molecule has 0 saturated heterocycles. The van der Waals surface area contributed by atoms with Crippen LogP contribution in [0.5, 0.6) is 0 Å². The molecule has 0 amide bonds. The highest BCUT2D eigenvalue weighted by Crippen LogP contribution is 2.32. The maximum Gasteiger partial charge on any atom is 0.212 e. The van der Waals surface area contributed by atoms with Gasteiger partial charge in [-0.25, -0.2) is 22.8 Å². The molecular formula is C94H128N5+5. The van der Waals surface area contributed by atoms with Gasteiger partial charge in [0.25, 0.3) is 0 Å². The van der Waals surface area contributed by atoms with E-state index in [1.165, 1.54) is 27.8 Å². The topological polar surface area (TPSA) is 19.4 Å². The molecule has 5 aromatic carbocycles. The molecule has 0 unspecified atom stereocenters. The maximum absolute atomic E-state index is 8.63. The molecule has 5 nitrogen and oxygen atoms in total. The average Bonchev–Trinajstić information content (AvgIpc) is 0.752. The summed E-state index contributed by atoms with van der Waals surface area (Å²) in [5.41, 5.74) is 18.8. The molecule has 10 aromatic rings. The molecule has 5 heteroatoms. The van der Waals surface area contributed by atoms with Gasteiger partial charge in [0.1, 0.15) is 35.2 Å². The summed E-state index contributed by atoms with van der Waals surface area (Å²) in [5.74, 6) is 0. The molecule has 0 saturated carbocycles. The monoisotopic (exact) mass is 1340 g/mol. The summed E-state index contributed by atoms with van der Waals surface area (Å²) in [5, 5.41) is 0. The van der Waals surface area contributed by atoms with Crippen LogP contribution in [0.2, 0.25) is 0 Å². The van der Waals surface area contributed by atoms with Gasteiger partial charge in [0.05, 0.1) is 0 Å². The molecule has 0 aliphatic heterocycles. The van der Waals surface area contributed by atoms with Gasteiger partial charge in [-0.1, -0.05) is 194 Å². The van der Waals surface area contributed by atoms with Crippen molar-refractivity contribution in [1.29, 1.82) is 0 Å². The molecule has 524 valence electrons. The van der Waals surface area contributed by atoms with Crippen LogP contribution in [0, 0.1) is 89.2 Å². The minimum absolute atomic E-state index is 0.0623. The molecule has 0 fully saturated rings.